The predicted octanol–water partition coefficient (Wildman–Crippen LogP) is 5.38. The van der Waals surface area contributed by atoms with E-state index in [1.165, 1.54) is 12.1 Å². The standard InChI is InChI=1S/C23H21FN2O2/c1-15(21-7-4-14-28-21)25-22(27)13-12-19-18-5-2-3-6-20(18)26-23(19)16-8-10-17(24)11-9-16/h2-11,14-15,26H,12-13H2,1H3,(H,25,27)/t15-/m1/s1. The first-order valence-corrected chi connectivity index (χ1v) is 9.30. The molecule has 28 heavy (non-hydrogen) atoms. The van der Waals surface area contributed by atoms with Crippen molar-refractivity contribution in [3.05, 3.63) is 84.1 Å². The number of carbonyl (C=O) groups is 1. The molecule has 0 fully saturated rings. The van der Waals surface area contributed by atoms with Gasteiger partial charge in [0, 0.05) is 23.0 Å². The molecule has 2 aromatic carbocycles. The molecule has 2 N–H and O–H groups in total. The number of aromatic nitrogens is 1. The highest BCUT2D eigenvalue weighted by Gasteiger charge is 2.16. The summed E-state index contributed by atoms with van der Waals surface area (Å²) in [7, 11) is 0. The molecule has 0 radical (unpaired) electrons. The molecule has 1 atom stereocenters. The molecule has 142 valence electrons. The maximum absolute atomic E-state index is 13.3. The number of benzene rings is 2. The van der Waals surface area contributed by atoms with Crippen LogP contribution in [0.15, 0.2) is 71.3 Å². The summed E-state index contributed by atoms with van der Waals surface area (Å²) >= 11 is 0. The van der Waals surface area contributed by atoms with Gasteiger partial charge in [-0.2, -0.15) is 0 Å². The average molecular weight is 376 g/mol. The Morgan fingerprint density at radius 1 is 1.11 bits per heavy atom. The molecule has 0 aliphatic carbocycles. The highest BCUT2D eigenvalue weighted by atomic mass is 19.1. The van der Waals surface area contributed by atoms with E-state index in [2.05, 4.69) is 10.3 Å². The fourth-order valence-corrected chi connectivity index (χ4v) is 3.48. The molecule has 4 nitrogen and oxygen atoms in total. The number of carbonyl (C=O) groups excluding carboxylic acids is 1. The normalized spacial score (nSPS) is 12.2. The lowest BCUT2D eigenvalue weighted by molar-refractivity contribution is -0.121. The maximum Gasteiger partial charge on any atom is 0.220 e. The van der Waals surface area contributed by atoms with Crippen LogP contribution < -0.4 is 5.32 Å². The van der Waals surface area contributed by atoms with Gasteiger partial charge in [0.05, 0.1) is 12.3 Å². The number of aromatic amines is 1. The topological polar surface area (TPSA) is 58.0 Å². The summed E-state index contributed by atoms with van der Waals surface area (Å²) in [4.78, 5) is 15.9. The van der Waals surface area contributed by atoms with Gasteiger partial charge in [0.2, 0.25) is 5.91 Å². The number of hydrogen-bond acceptors (Lipinski definition) is 2. The van der Waals surface area contributed by atoms with E-state index in [4.69, 9.17) is 4.42 Å². The zero-order valence-electron chi connectivity index (χ0n) is 15.5. The number of amides is 1. The summed E-state index contributed by atoms with van der Waals surface area (Å²) < 4.78 is 18.7. The summed E-state index contributed by atoms with van der Waals surface area (Å²) in [5.41, 5.74) is 3.88. The molecular formula is C23H21FN2O2. The summed E-state index contributed by atoms with van der Waals surface area (Å²) in [6.07, 6.45) is 2.52. The number of halogens is 1. The minimum Gasteiger partial charge on any atom is -0.467 e. The van der Waals surface area contributed by atoms with Crippen LogP contribution in [-0.2, 0) is 11.2 Å². The molecule has 1 amide bonds. The fraction of sp³-hybridized carbons (Fsp3) is 0.174. The Morgan fingerprint density at radius 3 is 2.64 bits per heavy atom. The second-order valence-corrected chi connectivity index (χ2v) is 6.84. The van der Waals surface area contributed by atoms with E-state index in [9.17, 15) is 9.18 Å². The molecule has 0 saturated carbocycles. The van der Waals surface area contributed by atoms with Crippen molar-refractivity contribution in [2.45, 2.75) is 25.8 Å². The lowest BCUT2D eigenvalue weighted by Gasteiger charge is -2.12. The zero-order chi connectivity index (χ0) is 19.5. The fourth-order valence-electron chi connectivity index (χ4n) is 3.48. The van der Waals surface area contributed by atoms with Crippen LogP contribution in [0.25, 0.3) is 22.2 Å². The van der Waals surface area contributed by atoms with Crippen LogP contribution in [0.2, 0.25) is 0 Å². The third-order valence-corrected chi connectivity index (χ3v) is 4.90. The van der Waals surface area contributed by atoms with Gasteiger partial charge in [0.1, 0.15) is 11.6 Å². The molecule has 0 saturated heterocycles. The first-order chi connectivity index (χ1) is 13.6. The number of nitrogens with one attached hydrogen (secondary N) is 2. The monoisotopic (exact) mass is 376 g/mol. The smallest absolute Gasteiger partial charge is 0.220 e. The Kier molecular flexibility index (Phi) is 4.98. The Hall–Kier alpha value is -3.34. The molecular weight excluding hydrogens is 355 g/mol. The average Bonchev–Trinajstić information content (AvgIpc) is 3.35. The largest absolute Gasteiger partial charge is 0.467 e. The second kappa shape index (κ2) is 7.72. The predicted molar refractivity (Wildman–Crippen MR) is 107 cm³/mol. The maximum atomic E-state index is 13.3. The lowest BCUT2D eigenvalue weighted by atomic mass is 10.0. The van der Waals surface area contributed by atoms with Crippen LogP contribution in [0.4, 0.5) is 4.39 Å². The Morgan fingerprint density at radius 2 is 1.89 bits per heavy atom. The quantitative estimate of drug-likeness (QED) is 0.475. The van der Waals surface area contributed by atoms with Crippen molar-refractivity contribution < 1.29 is 13.6 Å². The number of hydrogen-bond donors (Lipinski definition) is 2. The number of rotatable bonds is 6. The van der Waals surface area contributed by atoms with E-state index in [1.807, 2.05) is 37.3 Å². The molecule has 0 spiro atoms. The van der Waals surface area contributed by atoms with Crippen molar-refractivity contribution in [1.82, 2.24) is 10.3 Å². The highest BCUT2D eigenvalue weighted by molar-refractivity contribution is 5.91. The molecule has 0 aliphatic rings. The van der Waals surface area contributed by atoms with E-state index in [0.717, 1.165) is 33.5 Å². The van der Waals surface area contributed by atoms with Gasteiger partial charge in [-0.15, -0.1) is 0 Å². The first kappa shape index (κ1) is 18.0. The van der Waals surface area contributed by atoms with E-state index in [-0.39, 0.29) is 17.8 Å². The molecule has 2 aromatic heterocycles. The van der Waals surface area contributed by atoms with Crippen molar-refractivity contribution in [2.75, 3.05) is 0 Å². The van der Waals surface area contributed by atoms with Gasteiger partial charge in [0.25, 0.3) is 0 Å². The van der Waals surface area contributed by atoms with E-state index in [1.54, 1.807) is 24.5 Å². The summed E-state index contributed by atoms with van der Waals surface area (Å²) in [6, 6.07) is 17.9. The molecule has 0 aliphatic heterocycles. The minimum absolute atomic E-state index is 0.0424. The van der Waals surface area contributed by atoms with Crippen molar-refractivity contribution in [3.8, 4) is 11.3 Å². The lowest BCUT2D eigenvalue weighted by Crippen LogP contribution is -2.26. The molecule has 0 bridgehead atoms. The number of furan rings is 1. The summed E-state index contributed by atoms with van der Waals surface area (Å²) in [5.74, 6) is 0.416. The zero-order valence-corrected chi connectivity index (χ0v) is 15.5. The molecule has 4 aromatic rings. The number of fused-ring (bicyclic) bond motifs is 1. The van der Waals surface area contributed by atoms with E-state index < -0.39 is 0 Å². The van der Waals surface area contributed by atoms with Gasteiger partial charge in [0.15, 0.2) is 0 Å². The van der Waals surface area contributed by atoms with Crippen molar-refractivity contribution in [2.24, 2.45) is 0 Å². The van der Waals surface area contributed by atoms with E-state index >= 15 is 0 Å². The second-order valence-electron chi connectivity index (χ2n) is 6.84. The molecule has 2 heterocycles. The van der Waals surface area contributed by atoms with Crippen molar-refractivity contribution in [3.63, 3.8) is 0 Å². The number of aryl methyl sites for hydroxylation is 1. The third kappa shape index (κ3) is 3.69. The van der Waals surface area contributed by atoms with Crippen molar-refractivity contribution >= 4 is 16.8 Å². The molecule has 0 unspecified atom stereocenters. The van der Waals surface area contributed by atoms with Crippen LogP contribution >= 0.6 is 0 Å². The third-order valence-electron chi connectivity index (χ3n) is 4.90. The van der Waals surface area contributed by atoms with Crippen LogP contribution in [0.3, 0.4) is 0 Å². The molecule has 5 heteroatoms. The van der Waals surface area contributed by atoms with Gasteiger partial charge in [-0.1, -0.05) is 18.2 Å². The van der Waals surface area contributed by atoms with Crippen LogP contribution in [-0.4, -0.2) is 10.9 Å². The van der Waals surface area contributed by atoms with E-state index in [0.29, 0.717) is 12.8 Å². The SMILES string of the molecule is C[C@@H](NC(=O)CCc1c(-c2ccc(F)cc2)[nH]c2ccccc12)c1ccco1. The number of para-hydroxylation sites is 1. The number of H-pyrrole nitrogens is 1. The van der Waals surface area contributed by atoms with Crippen LogP contribution in [0, 0.1) is 5.82 Å². The van der Waals surface area contributed by atoms with Gasteiger partial charge in [-0.3, -0.25) is 4.79 Å². The van der Waals surface area contributed by atoms with Crippen LogP contribution in [0.5, 0.6) is 0 Å². The van der Waals surface area contributed by atoms with Gasteiger partial charge in [-0.25, -0.2) is 4.39 Å². The van der Waals surface area contributed by atoms with Gasteiger partial charge < -0.3 is 14.7 Å². The summed E-state index contributed by atoms with van der Waals surface area (Å²) in [6.45, 7) is 1.90. The molecule has 4 rings (SSSR count). The van der Waals surface area contributed by atoms with Gasteiger partial charge in [-0.05, 0) is 66.9 Å². The van der Waals surface area contributed by atoms with Gasteiger partial charge >= 0.3 is 0 Å². The Labute approximate surface area is 162 Å². The van der Waals surface area contributed by atoms with Crippen LogP contribution in [0.1, 0.15) is 30.7 Å². The highest BCUT2D eigenvalue weighted by Crippen LogP contribution is 2.31. The first-order valence-electron chi connectivity index (χ1n) is 9.30. The van der Waals surface area contributed by atoms with Crippen molar-refractivity contribution in [1.29, 1.82) is 0 Å². The Bertz CT molecular complexity index is 1080. The minimum atomic E-state index is -0.271. The Balaban J connectivity index is 1.56. The summed E-state index contributed by atoms with van der Waals surface area (Å²) in [5, 5.41) is 4.04.